The fourth-order valence-corrected chi connectivity index (χ4v) is 3.82. The summed E-state index contributed by atoms with van der Waals surface area (Å²) in [6.45, 7) is 12.9. The van der Waals surface area contributed by atoms with Gasteiger partial charge in [0.05, 0.1) is 6.04 Å². The van der Waals surface area contributed by atoms with E-state index in [1.807, 2.05) is 21.1 Å². The van der Waals surface area contributed by atoms with Gasteiger partial charge in [-0.3, -0.25) is 14.7 Å². The summed E-state index contributed by atoms with van der Waals surface area (Å²) in [7, 11) is 5.52. The van der Waals surface area contributed by atoms with Crippen LogP contribution in [-0.2, 0) is 4.79 Å². The minimum absolute atomic E-state index is 0.0678. The molecule has 1 rings (SSSR count). The molecule has 0 aromatic carbocycles. The van der Waals surface area contributed by atoms with Gasteiger partial charge in [-0.1, -0.05) is 13.8 Å². The van der Waals surface area contributed by atoms with Gasteiger partial charge in [-0.25, -0.2) is 0 Å². The van der Waals surface area contributed by atoms with Crippen LogP contribution in [0.3, 0.4) is 0 Å². The lowest BCUT2D eigenvalue weighted by Crippen LogP contribution is -2.45. The van der Waals surface area contributed by atoms with Crippen LogP contribution in [0.1, 0.15) is 52.9 Å². The van der Waals surface area contributed by atoms with Crippen LogP contribution in [0.25, 0.3) is 0 Å². The zero-order valence-corrected chi connectivity index (χ0v) is 19.1. The molecule has 1 heterocycles. The van der Waals surface area contributed by atoms with Gasteiger partial charge in [0.25, 0.3) is 0 Å². The molecule has 1 amide bonds. The van der Waals surface area contributed by atoms with Crippen molar-refractivity contribution in [3.8, 4) is 0 Å². The van der Waals surface area contributed by atoms with Crippen LogP contribution in [0, 0.1) is 0 Å². The highest BCUT2D eigenvalue weighted by atomic mass is 16.2. The first-order valence-electron chi connectivity index (χ1n) is 11.1. The third-order valence-corrected chi connectivity index (χ3v) is 5.62. The number of carbonyl (C=O) groups is 1. The maximum atomic E-state index is 12.3. The summed E-state index contributed by atoms with van der Waals surface area (Å²) in [4.78, 5) is 23.1. The highest BCUT2D eigenvalue weighted by molar-refractivity contribution is 5.81. The van der Waals surface area contributed by atoms with Crippen molar-refractivity contribution >= 4 is 11.9 Å². The average molecular weight is 397 g/mol. The molecule has 1 fully saturated rings. The number of rotatable bonds is 12. The van der Waals surface area contributed by atoms with E-state index in [4.69, 9.17) is 0 Å². The highest BCUT2D eigenvalue weighted by Gasteiger charge is 2.30. The van der Waals surface area contributed by atoms with Crippen molar-refractivity contribution in [2.24, 2.45) is 4.99 Å². The average Bonchev–Trinajstić information content (AvgIpc) is 3.15. The van der Waals surface area contributed by atoms with Crippen LogP contribution in [0.2, 0.25) is 0 Å². The quantitative estimate of drug-likeness (QED) is 0.298. The molecule has 0 aromatic rings. The molecule has 0 radical (unpaired) electrons. The zero-order valence-electron chi connectivity index (χ0n) is 19.1. The molecular formula is C21H44N6O. The maximum Gasteiger partial charge on any atom is 0.239 e. The Morgan fingerprint density at radius 2 is 1.96 bits per heavy atom. The van der Waals surface area contributed by atoms with E-state index in [-0.39, 0.29) is 11.9 Å². The molecule has 7 nitrogen and oxygen atoms in total. The lowest BCUT2D eigenvalue weighted by atomic mass is 10.2. The zero-order chi connectivity index (χ0) is 20.9. The molecule has 0 aromatic heterocycles. The van der Waals surface area contributed by atoms with E-state index < -0.39 is 0 Å². The van der Waals surface area contributed by atoms with Crippen LogP contribution in [0.5, 0.6) is 0 Å². The van der Waals surface area contributed by atoms with Crippen LogP contribution in [0.4, 0.5) is 0 Å². The van der Waals surface area contributed by atoms with Crippen molar-refractivity contribution in [2.75, 3.05) is 60.4 Å². The Balaban J connectivity index is 2.24. The predicted octanol–water partition coefficient (Wildman–Crippen LogP) is 1.60. The van der Waals surface area contributed by atoms with Crippen LogP contribution in [0.15, 0.2) is 4.99 Å². The predicted molar refractivity (Wildman–Crippen MR) is 119 cm³/mol. The van der Waals surface area contributed by atoms with E-state index in [1.165, 1.54) is 6.42 Å². The molecule has 0 bridgehead atoms. The first-order chi connectivity index (χ1) is 13.4. The second kappa shape index (κ2) is 13.8. The monoisotopic (exact) mass is 396 g/mol. The van der Waals surface area contributed by atoms with Gasteiger partial charge in [0.15, 0.2) is 5.96 Å². The summed E-state index contributed by atoms with van der Waals surface area (Å²) in [6, 6.07) is 0.473. The topological polar surface area (TPSA) is 63.2 Å². The van der Waals surface area contributed by atoms with E-state index in [0.29, 0.717) is 6.04 Å². The minimum atomic E-state index is 0.0678. The third kappa shape index (κ3) is 8.78. The first kappa shape index (κ1) is 24.7. The number of likely N-dealkylation sites (tertiary alicyclic amines) is 1. The summed E-state index contributed by atoms with van der Waals surface area (Å²) in [5.41, 5.74) is 0. The van der Waals surface area contributed by atoms with E-state index in [2.05, 4.69) is 46.2 Å². The number of aliphatic imine (C=N–C) groups is 1. The van der Waals surface area contributed by atoms with Crippen LogP contribution in [-0.4, -0.2) is 99.1 Å². The number of hydrogen-bond acceptors (Lipinski definition) is 4. The molecule has 28 heavy (non-hydrogen) atoms. The lowest BCUT2D eigenvalue weighted by molar-refractivity contribution is -0.133. The smallest absolute Gasteiger partial charge is 0.239 e. The van der Waals surface area contributed by atoms with E-state index in [0.717, 1.165) is 70.9 Å². The Morgan fingerprint density at radius 1 is 1.25 bits per heavy atom. The molecule has 1 aliphatic rings. The largest absolute Gasteiger partial charge is 0.356 e. The standard InChI is InChI=1S/C21H44N6O/c1-7-26(8-2)15-9-12-18(3)24-21(22-4)23-14-11-17-27-16-10-13-19(27)20(28)25(5)6/h18-19H,7-17H2,1-6H3,(H2,22,23,24). The molecule has 1 saturated heterocycles. The molecular weight excluding hydrogens is 352 g/mol. The molecule has 1 aliphatic heterocycles. The van der Waals surface area contributed by atoms with Crippen molar-refractivity contribution in [2.45, 2.75) is 65.0 Å². The van der Waals surface area contributed by atoms with Crippen molar-refractivity contribution in [1.82, 2.24) is 25.3 Å². The van der Waals surface area contributed by atoms with E-state index in [9.17, 15) is 4.79 Å². The molecule has 2 N–H and O–H groups in total. The maximum absolute atomic E-state index is 12.3. The van der Waals surface area contributed by atoms with E-state index in [1.54, 1.807) is 4.90 Å². The fraction of sp³-hybridized carbons (Fsp3) is 0.905. The van der Waals surface area contributed by atoms with Gasteiger partial charge in [-0.05, 0) is 65.2 Å². The highest BCUT2D eigenvalue weighted by Crippen LogP contribution is 2.18. The molecule has 2 atom stereocenters. The van der Waals surface area contributed by atoms with Crippen molar-refractivity contribution in [1.29, 1.82) is 0 Å². The Bertz CT molecular complexity index is 464. The van der Waals surface area contributed by atoms with Gasteiger partial charge in [0.2, 0.25) is 5.91 Å². The first-order valence-corrected chi connectivity index (χ1v) is 11.1. The Labute approximate surface area is 172 Å². The Morgan fingerprint density at radius 3 is 2.57 bits per heavy atom. The van der Waals surface area contributed by atoms with Gasteiger partial charge in [-0.2, -0.15) is 0 Å². The number of hydrogen-bond donors (Lipinski definition) is 2. The van der Waals surface area contributed by atoms with E-state index >= 15 is 0 Å². The number of guanidine groups is 1. The second-order valence-corrected chi connectivity index (χ2v) is 7.99. The Hall–Kier alpha value is -1.34. The number of carbonyl (C=O) groups excluding carboxylic acids is 1. The molecule has 0 spiro atoms. The van der Waals surface area contributed by atoms with Gasteiger partial charge >= 0.3 is 0 Å². The summed E-state index contributed by atoms with van der Waals surface area (Å²) < 4.78 is 0. The minimum Gasteiger partial charge on any atom is -0.356 e. The van der Waals surface area contributed by atoms with Crippen LogP contribution >= 0.6 is 0 Å². The molecule has 2 unspecified atom stereocenters. The number of nitrogens with zero attached hydrogens (tertiary/aromatic N) is 4. The summed E-state index contributed by atoms with van der Waals surface area (Å²) in [5, 5.41) is 6.91. The second-order valence-electron chi connectivity index (χ2n) is 7.99. The van der Waals surface area contributed by atoms with Gasteiger partial charge in [0, 0.05) is 40.3 Å². The third-order valence-electron chi connectivity index (χ3n) is 5.62. The van der Waals surface area contributed by atoms with Gasteiger partial charge < -0.3 is 20.4 Å². The normalized spacial score (nSPS) is 19.1. The lowest BCUT2D eigenvalue weighted by Gasteiger charge is -2.26. The summed E-state index contributed by atoms with van der Waals surface area (Å²) in [5.74, 6) is 1.11. The van der Waals surface area contributed by atoms with Gasteiger partial charge in [-0.15, -0.1) is 0 Å². The number of likely N-dealkylation sites (N-methyl/N-ethyl adjacent to an activating group) is 1. The molecule has 164 valence electrons. The summed E-state index contributed by atoms with van der Waals surface area (Å²) in [6.07, 6.45) is 5.45. The fourth-order valence-electron chi connectivity index (χ4n) is 3.82. The Kier molecular flexibility index (Phi) is 12.1. The molecule has 7 heteroatoms. The van der Waals surface area contributed by atoms with Crippen molar-refractivity contribution in [3.05, 3.63) is 0 Å². The SMILES string of the molecule is CCN(CC)CCCC(C)NC(=NC)NCCCN1CCCC1C(=O)N(C)C. The molecule has 0 aliphatic carbocycles. The number of amides is 1. The number of nitrogens with one attached hydrogen (secondary N) is 2. The molecule has 0 saturated carbocycles. The van der Waals surface area contributed by atoms with Crippen molar-refractivity contribution in [3.63, 3.8) is 0 Å². The van der Waals surface area contributed by atoms with Gasteiger partial charge in [0.1, 0.15) is 0 Å². The van der Waals surface area contributed by atoms with Crippen LogP contribution < -0.4 is 10.6 Å². The van der Waals surface area contributed by atoms with Crippen molar-refractivity contribution < 1.29 is 4.79 Å². The summed E-state index contributed by atoms with van der Waals surface area (Å²) >= 11 is 0.